The van der Waals surface area contributed by atoms with E-state index < -0.39 is 5.91 Å². The smallest absolute Gasteiger partial charge is 0.250 e. The monoisotopic (exact) mass is 337 g/mol. The molecule has 6 heteroatoms. The largest absolute Gasteiger partial charge is 0.366 e. The fourth-order valence-electron chi connectivity index (χ4n) is 4.04. The third-order valence-electron chi connectivity index (χ3n) is 5.23. The number of primary amides is 1. The van der Waals surface area contributed by atoms with Crippen molar-refractivity contribution in [3.8, 4) is 0 Å². The fourth-order valence-corrected chi connectivity index (χ4v) is 4.04. The summed E-state index contributed by atoms with van der Waals surface area (Å²) in [5, 5.41) is 2.89. The number of carbonyl (C=O) groups excluding carboxylic acids is 2. The van der Waals surface area contributed by atoms with Gasteiger partial charge in [0.2, 0.25) is 5.91 Å². The molecular formula is C17H24ClN3O2. The Morgan fingerprint density at radius 1 is 1.09 bits per heavy atom. The lowest BCUT2D eigenvalue weighted by Gasteiger charge is -2.43. The highest BCUT2D eigenvalue weighted by atomic mass is 35.5. The van der Waals surface area contributed by atoms with Crippen LogP contribution >= 0.6 is 12.4 Å². The second kappa shape index (κ2) is 7.32. The number of fused-ring (bicyclic) bond motifs is 2. The third kappa shape index (κ3) is 3.67. The zero-order chi connectivity index (χ0) is 15.7. The predicted octanol–water partition coefficient (Wildman–Crippen LogP) is 2.30. The van der Waals surface area contributed by atoms with Crippen molar-refractivity contribution in [2.24, 2.45) is 29.2 Å². The molecule has 2 atom stereocenters. The first-order valence-electron chi connectivity index (χ1n) is 8.01. The normalized spacial score (nSPS) is 29.3. The molecule has 0 aromatic heterocycles. The predicted molar refractivity (Wildman–Crippen MR) is 92.4 cm³/mol. The Kier molecular flexibility index (Phi) is 5.65. The molecular weight excluding hydrogens is 314 g/mol. The molecule has 0 radical (unpaired) electrons. The van der Waals surface area contributed by atoms with Crippen LogP contribution in [0.5, 0.6) is 0 Å². The summed E-state index contributed by atoms with van der Waals surface area (Å²) in [6.07, 6.45) is 5.17. The highest BCUT2D eigenvalue weighted by Crippen LogP contribution is 2.42. The molecule has 23 heavy (non-hydrogen) atoms. The van der Waals surface area contributed by atoms with Gasteiger partial charge in [-0.05, 0) is 49.7 Å². The molecule has 0 spiro atoms. The first-order valence-corrected chi connectivity index (χ1v) is 8.01. The molecule has 3 rings (SSSR count). The van der Waals surface area contributed by atoms with Crippen LogP contribution in [-0.4, -0.2) is 17.9 Å². The van der Waals surface area contributed by atoms with Crippen molar-refractivity contribution in [3.05, 3.63) is 29.8 Å². The highest BCUT2D eigenvalue weighted by Gasteiger charge is 2.40. The Labute approximate surface area is 142 Å². The number of hydrogen-bond acceptors (Lipinski definition) is 3. The van der Waals surface area contributed by atoms with Crippen LogP contribution in [0.1, 0.15) is 42.5 Å². The maximum atomic E-state index is 12.6. The van der Waals surface area contributed by atoms with Crippen molar-refractivity contribution < 1.29 is 9.59 Å². The van der Waals surface area contributed by atoms with Crippen LogP contribution in [-0.2, 0) is 4.79 Å². The molecule has 1 aromatic carbocycles. The van der Waals surface area contributed by atoms with Gasteiger partial charge in [0.15, 0.2) is 0 Å². The SMILES string of the molecule is Cl.NC(=O)c1ccccc1NC(=O)C1CC2CCCC(C1)C2N. The molecule has 5 N–H and O–H groups in total. The number of anilines is 1. The lowest BCUT2D eigenvalue weighted by Crippen LogP contribution is -2.48. The van der Waals surface area contributed by atoms with E-state index in [1.807, 2.05) is 0 Å². The molecule has 0 heterocycles. The average molecular weight is 338 g/mol. The van der Waals surface area contributed by atoms with E-state index in [0.29, 0.717) is 23.1 Å². The molecule has 2 aliphatic carbocycles. The molecule has 0 aliphatic heterocycles. The molecule has 2 bridgehead atoms. The number of benzene rings is 1. The number of rotatable bonds is 3. The Bertz CT molecular complexity index is 579. The van der Waals surface area contributed by atoms with Gasteiger partial charge >= 0.3 is 0 Å². The number of para-hydroxylation sites is 1. The van der Waals surface area contributed by atoms with Gasteiger partial charge in [-0.2, -0.15) is 0 Å². The first kappa shape index (κ1) is 17.8. The quantitative estimate of drug-likeness (QED) is 0.789. The summed E-state index contributed by atoms with van der Waals surface area (Å²) in [5.41, 5.74) is 12.5. The molecule has 1 aromatic rings. The molecule has 0 saturated heterocycles. The van der Waals surface area contributed by atoms with Crippen LogP contribution in [0.2, 0.25) is 0 Å². The van der Waals surface area contributed by atoms with Gasteiger partial charge < -0.3 is 16.8 Å². The molecule has 126 valence electrons. The van der Waals surface area contributed by atoms with E-state index >= 15 is 0 Å². The van der Waals surface area contributed by atoms with Crippen LogP contribution in [0.3, 0.4) is 0 Å². The minimum absolute atomic E-state index is 0. The van der Waals surface area contributed by atoms with Crippen LogP contribution in [0, 0.1) is 17.8 Å². The van der Waals surface area contributed by atoms with Crippen molar-refractivity contribution in [2.45, 2.75) is 38.1 Å². The van der Waals surface area contributed by atoms with Crippen molar-refractivity contribution in [1.29, 1.82) is 0 Å². The summed E-state index contributed by atoms with van der Waals surface area (Å²) in [7, 11) is 0. The Morgan fingerprint density at radius 2 is 1.70 bits per heavy atom. The van der Waals surface area contributed by atoms with Gasteiger partial charge in [0.1, 0.15) is 0 Å². The van der Waals surface area contributed by atoms with Gasteiger partial charge in [0.05, 0.1) is 11.3 Å². The van der Waals surface area contributed by atoms with Gasteiger partial charge in [-0.3, -0.25) is 9.59 Å². The van der Waals surface area contributed by atoms with Crippen LogP contribution in [0.15, 0.2) is 24.3 Å². The van der Waals surface area contributed by atoms with Crippen molar-refractivity contribution in [3.63, 3.8) is 0 Å². The average Bonchev–Trinajstić information content (AvgIpc) is 2.47. The zero-order valence-electron chi connectivity index (χ0n) is 13.0. The summed E-state index contributed by atoms with van der Waals surface area (Å²) < 4.78 is 0. The third-order valence-corrected chi connectivity index (χ3v) is 5.23. The molecule has 2 amide bonds. The van der Waals surface area contributed by atoms with Crippen LogP contribution in [0.25, 0.3) is 0 Å². The number of halogens is 1. The van der Waals surface area contributed by atoms with E-state index in [-0.39, 0.29) is 30.3 Å². The lowest BCUT2D eigenvalue weighted by molar-refractivity contribution is -0.122. The number of hydrogen-bond donors (Lipinski definition) is 3. The van der Waals surface area contributed by atoms with E-state index in [9.17, 15) is 9.59 Å². The topological polar surface area (TPSA) is 98.2 Å². The summed E-state index contributed by atoms with van der Waals surface area (Å²) in [4.78, 5) is 24.0. The minimum Gasteiger partial charge on any atom is -0.366 e. The van der Waals surface area contributed by atoms with E-state index in [2.05, 4.69) is 5.32 Å². The number of amides is 2. The second-order valence-corrected chi connectivity index (χ2v) is 6.60. The van der Waals surface area contributed by atoms with E-state index in [0.717, 1.165) is 25.7 Å². The second-order valence-electron chi connectivity index (χ2n) is 6.60. The summed E-state index contributed by atoms with van der Waals surface area (Å²) in [5.74, 6) is 0.344. The van der Waals surface area contributed by atoms with Crippen LogP contribution in [0.4, 0.5) is 5.69 Å². The molecule has 2 unspecified atom stereocenters. The summed E-state index contributed by atoms with van der Waals surface area (Å²) >= 11 is 0. The Morgan fingerprint density at radius 3 is 2.30 bits per heavy atom. The van der Waals surface area contributed by atoms with Gasteiger partial charge in [0, 0.05) is 12.0 Å². The minimum atomic E-state index is -0.529. The molecule has 2 fully saturated rings. The highest BCUT2D eigenvalue weighted by molar-refractivity contribution is 6.03. The molecule has 2 aliphatic rings. The summed E-state index contributed by atoms with van der Waals surface area (Å²) in [6.45, 7) is 0. The van der Waals surface area contributed by atoms with Gasteiger partial charge in [-0.25, -0.2) is 0 Å². The Balaban J connectivity index is 0.00000192. The maximum absolute atomic E-state index is 12.6. The van der Waals surface area contributed by atoms with Gasteiger partial charge in [0.25, 0.3) is 5.91 Å². The molecule has 2 saturated carbocycles. The van der Waals surface area contributed by atoms with Crippen molar-refractivity contribution in [1.82, 2.24) is 0 Å². The lowest BCUT2D eigenvalue weighted by atomic mass is 9.65. The number of carbonyl (C=O) groups is 2. The summed E-state index contributed by atoms with van der Waals surface area (Å²) in [6, 6.07) is 7.11. The van der Waals surface area contributed by atoms with E-state index in [4.69, 9.17) is 11.5 Å². The fraction of sp³-hybridized carbons (Fsp3) is 0.529. The van der Waals surface area contributed by atoms with Crippen LogP contribution < -0.4 is 16.8 Å². The number of nitrogens with two attached hydrogens (primary N) is 2. The van der Waals surface area contributed by atoms with Gasteiger partial charge in [-0.15, -0.1) is 12.4 Å². The number of nitrogens with one attached hydrogen (secondary N) is 1. The van der Waals surface area contributed by atoms with E-state index in [1.165, 1.54) is 6.42 Å². The standard InChI is InChI=1S/C17H23N3O2.ClH/c18-15-10-4-3-5-11(15)9-12(8-10)17(22)20-14-7-2-1-6-13(14)16(19)21;/h1-2,6-7,10-12,15H,3-5,8-9,18H2,(H2,19,21)(H,20,22);1H. The van der Waals surface area contributed by atoms with Gasteiger partial charge in [-0.1, -0.05) is 18.6 Å². The van der Waals surface area contributed by atoms with Crippen molar-refractivity contribution in [2.75, 3.05) is 5.32 Å². The molecule has 5 nitrogen and oxygen atoms in total. The first-order chi connectivity index (χ1) is 10.6. The van der Waals surface area contributed by atoms with Crippen molar-refractivity contribution >= 4 is 29.9 Å². The Hall–Kier alpha value is -1.59. The zero-order valence-corrected chi connectivity index (χ0v) is 13.9. The maximum Gasteiger partial charge on any atom is 0.250 e. The van der Waals surface area contributed by atoms with E-state index in [1.54, 1.807) is 24.3 Å².